The first-order valence-electron chi connectivity index (χ1n) is 9.77. The summed E-state index contributed by atoms with van der Waals surface area (Å²) in [4.78, 5) is 0. The predicted molar refractivity (Wildman–Crippen MR) is 115 cm³/mol. The summed E-state index contributed by atoms with van der Waals surface area (Å²) < 4.78 is 22.0. The molecule has 0 heterocycles. The number of aryl methyl sites for hydroxylation is 1. The first-order chi connectivity index (χ1) is 12.4. The molecule has 26 heavy (non-hydrogen) atoms. The zero-order chi connectivity index (χ0) is 19.8. The van der Waals surface area contributed by atoms with Gasteiger partial charge in [-0.2, -0.15) is 0 Å². The number of hydrogen-bond donors (Lipinski definition) is 0. The summed E-state index contributed by atoms with van der Waals surface area (Å²) >= 11 is 0. The van der Waals surface area contributed by atoms with Crippen LogP contribution < -0.4 is 0 Å². The summed E-state index contributed by atoms with van der Waals surface area (Å²) in [6, 6.07) is 9.44. The van der Waals surface area contributed by atoms with Crippen LogP contribution >= 0.6 is 0 Å². The van der Waals surface area contributed by atoms with Crippen molar-refractivity contribution in [1.82, 2.24) is 0 Å². The third-order valence-corrected chi connectivity index (χ3v) is 7.60. The van der Waals surface area contributed by atoms with Crippen molar-refractivity contribution in [2.75, 3.05) is 27.4 Å². The largest absolute Gasteiger partial charge is 0.400 e. The smallest absolute Gasteiger partial charge is 0.331 e. The average Bonchev–Trinajstić information content (AvgIpc) is 2.62. The maximum Gasteiger partial charge on any atom is 0.331 e. The van der Waals surface area contributed by atoms with Crippen molar-refractivity contribution in [1.29, 1.82) is 0 Å². The predicted octanol–water partition coefficient (Wildman–Crippen LogP) is 4.91. The molecule has 1 aromatic carbocycles. The number of benzene rings is 1. The topological polar surface area (TPSA) is 36.9 Å². The fourth-order valence-corrected chi connectivity index (χ4v) is 4.68. The van der Waals surface area contributed by atoms with Crippen molar-refractivity contribution >= 4 is 17.8 Å². The lowest BCUT2D eigenvalue weighted by atomic mass is 10.2. The molecule has 0 bridgehead atoms. The van der Waals surface area contributed by atoms with Gasteiger partial charge in [-0.3, -0.25) is 0 Å². The fourth-order valence-electron chi connectivity index (χ4n) is 2.15. The SMILES string of the molecule is CCCCO[Si](C)(C)OCCCC.CO[SiH](Cc1ccc(C)cc1)OC. The Morgan fingerprint density at radius 3 is 1.69 bits per heavy atom. The Kier molecular flexibility index (Phi) is 15.2. The molecule has 6 heteroatoms. The molecule has 0 unspecified atom stereocenters. The molecular weight excluding hydrogens is 360 g/mol. The van der Waals surface area contributed by atoms with Crippen molar-refractivity contribution < 1.29 is 17.7 Å². The van der Waals surface area contributed by atoms with Crippen LogP contribution in [0.5, 0.6) is 0 Å². The molecule has 1 aromatic rings. The third kappa shape index (κ3) is 13.7. The minimum atomic E-state index is -1.78. The lowest BCUT2D eigenvalue weighted by Crippen LogP contribution is -2.35. The summed E-state index contributed by atoms with van der Waals surface area (Å²) in [5, 5.41) is 0. The van der Waals surface area contributed by atoms with Crippen LogP contribution in [0.2, 0.25) is 13.1 Å². The van der Waals surface area contributed by atoms with E-state index >= 15 is 0 Å². The van der Waals surface area contributed by atoms with Crippen LogP contribution in [-0.2, 0) is 23.7 Å². The molecule has 0 saturated heterocycles. The third-order valence-electron chi connectivity index (χ3n) is 3.94. The molecule has 152 valence electrons. The normalized spacial score (nSPS) is 11.4. The highest BCUT2D eigenvalue weighted by Crippen LogP contribution is 2.08. The lowest BCUT2D eigenvalue weighted by Gasteiger charge is -2.22. The second-order valence-corrected chi connectivity index (χ2v) is 12.5. The molecule has 0 aliphatic carbocycles. The molecule has 0 aliphatic heterocycles. The lowest BCUT2D eigenvalue weighted by molar-refractivity contribution is 0.175. The van der Waals surface area contributed by atoms with Gasteiger partial charge in [0.05, 0.1) is 0 Å². The van der Waals surface area contributed by atoms with Crippen molar-refractivity contribution in [3.8, 4) is 0 Å². The van der Waals surface area contributed by atoms with Crippen LogP contribution in [0.15, 0.2) is 24.3 Å². The average molecular weight is 401 g/mol. The van der Waals surface area contributed by atoms with Crippen LogP contribution in [0.3, 0.4) is 0 Å². The van der Waals surface area contributed by atoms with E-state index in [0.717, 1.165) is 32.1 Å². The van der Waals surface area contributed by atoms with Crippen molar-refractivity contribution in [2.45, 2.75) is 65.6 Å². The Labute approximate surface area is 164 Å². The molecule has 0 saturated carbocycles. The fraction of sp³-hybridized carbons (Fsp3) is 0.700. The second kappa shape index (κ2) is 15.5. The molecule has 0 N–H and O–H groups in total. The molecule has 0 aromatic heterocycles. The van der Waals surface area contributed by atoms with Gasteiger partial charge in [0.2, 0.25) is 0 Å². The minimum absolute atomic E-state index is 0.863. The van der Waals surface area contributed by atoms with Gasteiger partial charge >= 0.3 is 17.8 Å². The van der Waals surface area contributed by atoms with E-state index in [9.17, 15) is 0 Å². The van der Waals surface area contributed by atoms with E-state index in [1.165, 1.54) is 24.0 Å². The second-order valence-electron chi connectivity index (χ2n) is 6.89. The maximum atomic E-state index is 5.73. The maximum absolute atomic E-state index is 5.73. The Morgan fingerprint density at radius 1 is 0.846 bits per heavy atom. The molecule has 0 amide bonds. The van der Waals surface area contributed by atoms with Crippen molar-refractivity contribution in [2.24, 2.45) is 0 Å². The summed E-state index contributed by atoms with van der Waals surface area (Å²) in [7, 11) is 0.221. The molecule has 0 fully saturated rings. The van der Waals surface area contributed by atoms with Crippen molar-refractivity contribution in [3.63, 3.8) is 0 Å². The molecule has 1 rings (SSSR count). The van der Waals surface area contributed by atoms with Crippen molar-refractivity contribution in [3.05, 3.63) is 35.4 Å². The van der Waals surface area contributed by atoms with Crippen LogP contribution in [0.1, 0.15) is 50.7 Å². The number of rotatable bonds is 12. The summed E-state index contributed by atoms with van der Waals surface area (Å²) in [6.07, 6.45) is 4.68. The van der Waals surface area contributed by atoms with E-state index in [4.69, 9.17) is 17.7 Å². The molecule has 0 atom stereocenters. The van der Waals surface area contributed by atoms with E-state index in [1.807, 2.05) is 0 Å². The first kappa shape index (κ1) is 25.5. The highest BCUT2D eigenvalue weighted by molar-refractivity contribution is 6.64. The summed E-state index contributed by atoms with van der Waals surface area (Å²) in [5.74, 6) is 0. The summed E-state index contributed by atoms with van der Waals surface area (Å²) in [5.41, 5.74) is 2.59. The zero-order valence-electron chi connectivity index (χ0n) is 18.0. The monoisotopic (exact) mass is 400 g/mol. The van der Waals surface area contributed by atoms with E-state index in [0.29, 0.717) is 0 Å². The Morgan fingerprint density at radius 2 is 1.31 bits per heavy atom. The van der Waals surface area contributed by atoms with Gasteiger partial charge in [-0.1, -0.05) is 56.5 Å². The van der Waals surface area contributed by atoms with Gasteiger partial charge in [0.25, 0.3) is 0 Å². The molecule has 4 nitrogen and oxygen atoms in total. The standard InChI is InChI=1S/C10H16O2Si.C10H24O2Si/c1-9-4-6-10(7-5-9)8-13(11-2)12-3;1-5-7-9-11-13(3,4)12-10-8-6-2/h4-7,13H,8H2,1-3H3;5-10H2,1-4H3. The van der Waals surface area contributed by atoms with Crippen LogP contribution in [-0.4, -0.2) is 45.3 Å². The van der Waals surface area contributed by atoms with Crippen LogP contribution in [0.4, 0.5) is 0 Å². The van der Waals surface area contributed by atoms with Crippen LogP contribution in [0, 0.1) is 6.92 Å². The van der Waals surface area contributed by atoms with Gasteiger partial charge in [-0.05, 0) is 38.4 Å². The van der Waals surface area contributed by atoms with E-state index in [2.05, 4.69) is 58.1 Å². The first-order valence-corrected chi connectivity index (χ1v) is 14.3. The Hall–Kier alpha value is -0.506. The highest BCUT2D eigenvalue weighted by atomic mass is 28.4. The van der Waals surface area contributed by atoms with E-state index in [-0.39, 0.29) is 0 Å². The minimum Gasteiger partial charge on any atom is -0.400 e. The Balaban J connectivity index is 0.000000481. The zero-order valence-corrected chi connectivity index (χ0v) is 20.1. The van der Waals surface area contributed by atoms with Gasteiger partial charge in [-0.15, -0.1) is 0 Å². The molecule has 0 radical (unpaired) electrons. The van der Waals surface area contributed by atoms with E-state index < -0.39 is 17.8 Å². The van der Waals surface area contributed by atoms with E-state index in [1.54, 1.807) is 14.2 Å². The van der Waals surface area contributed by atoms with Crippen LogP contribution in [0.25, 0.3) is 0 Å². The number of hydrogen-bond acceptors (Lipinski definition) is 4. The number of unbranched alkanes of at least 4 members (excludes halogenated alkanes) is 2. The van der Waals surface area contributed by atoms with Gasteiger partial charge in [-0.25, -0.2) is 0 Å². The summed E-state index contributed by atoms with van der Waals surface area (Å²) in [6.45, 7) is 12.4. The molecule has 0 spiro atoms. The quantitative estimate of drug-likeness (QED) is 0.369. The Bertz CT molecular complexity index is 422. The molecule has 0 aliphatic rings. The van der Waals surface area contributed by atoms with Gasteiger partial charge in [0.1, 0.15) is 0 Å². The van der Waals surface area contributed by atoms with Gasteiger partial charge in [0.15, 0.2) is 0 Å². The van der Waals surface area contributed by atoms with Gasteiger partial charge < -0.3 is 17.7 Å². The van der Waals surface area contributed by atoms with Gasteiger partial charge in [0, 0.05) is 33.5 Å². The molecular formula is C20H40O4Si2. The highest BCUT2D eigenvalue weighted by Gasteiger charge is 2.23.